The van der Waals surface area contributed by atoms with Crippen LogP contribution in [-0.2, 0) is 0 Å². The molecule has 0 saturated heterocycles. The van der Waals surface area contributed by atoms with Gasteiger partial charge in [0.05, 0.1) is 10.7 Å². The molecule has 2 nitrogen and oxygen atoms in total. The summed E-state index contributed by atoms with van der Waals surface area (Å²) in [5.74, 6) is 0. The molecule has 1 rings (SSSR count). The molecular formula is C13H21ClN2. The van der Waals surface area contributed by atoms with E-state index in [0.29, 0.717) is 0 Å². The summed E-state index contributed by atoms with van der Waals surface area (Å²) in [5.41, 5.74) is 2.27. The van der Waals surface area contributed by atoms with Crippen molar-refractivity contribution in [2.45, 2.75) is 20.8 Å². The average Bonchev–Trinajstić information content (AvgIpc) is 2.29. The third-order valence-corrected chi connectivity index (χ3v) is 3.09. The molecule has 1 N–H and O–H groups in total. The first-order valence-corrected chi connectivity index (χ1v) is 6.27. The second-order valence-corrected chi connectivity index (χ2v) is 4.34. The number of benzene rings is 1. The van der Waals surface area contributed by atoms with Crippen molar-refractivity contribution >= 4 is 17.3 Å². The van der Waals surface area contributed by atoms with E-state index in [1.165, 1.54) is 5.56 Å². The van der Waals surface area contributed by atoms with Crippen LogP contribution in [0.25, 0.3) is 0 Å². The van der Waals surface area contributed by atoms with Crippen LogP contribution in [0.15, 0.2) is 18.2 Å². The predicted octanol–water partition coefficient (Wildman–Crippen LogP) is 3.40. The van der Waals surface area contributed by atoms with Gasteiger partial charge in [-0.25, -0.2) is 0 Å². The van der Waals surface area contributed by atoms with Gasteiger partial charge < -0.3 is 10.2 Å². The normalized spacial score (nSPS) is 10.8. The van der Waals surface area contributed by atoms with E-state index in [9.17, 15) is 0 Å². The van der Waals surface area contributed by atoms with E-state index in [1.807, 2.05) is 12.1 Å². The molecule has 0 saturated carbocycles. The van der Waals surface area contributed by atoms with Crippen molar-refractivity contribution in [3.63, 3.8) is 0 Å². The van der Waals surface area contributed by atoms with Crippen LogP contribution < -0.4 is 5.32 Å². The Morgan fingerprint density at radius 3 is 2.56 bits per heavy atom. The maximum Gasteiger partial charge on any atom is 0.0637 e. The monoisotopic (exact) mass is 240 g/mol. The maximum atomic E-state index is 6.10. The minimum Gasteiger partial charge on any atom is -0.383 e. The van der Waals surface area contributed by atoms with E-state index in [2.05, 4.69) is 37.1 Å². The topological polar surface area (TPSA) is 15.3 Å². The number of hydrogen-bond acceptors (Lipinski definition) is 2. The number of rotatable bonds is 6. The summed E-state index contributed by atoms with van der Waals surface area (Å²) in [4.78, 5) is 2.39. The Bertz CT molecular complexity index is 322. The van der Waals surface area contributed by atoms with Gasteiger partial charge in [0.1, 0.15) is 0 Å². The van der Waals surface area contributed by atoms with Crippen molar-refractivity contribution in [2.75, 3.05) is 31.5 Å². The Morgan fingerprint density at radius 2 is 1.94 bits per heavy atom. The van der Waals surface area contributed by atoms with E-state index in [0.717, 1.165) is 36.9 Å². The highest BCUT2D eigenvalue weighted by atomic mass is 35.5. The fourth-order valence-electron chi connectivity index (χ4n) is 1.66. The molecule has 0 atom stereocenters. The molecule has 0 amide bonds. The number of aryl methyl sites for hydroxylation is 1. The summed E-state index contributed by atoms with van der Waals surface area (Å²) in [5, 5.41) is 4.18. The summed E-state index contributed by atoms with van der Waals surface area (Å²) in [6.07, 6.45) is 0. The lowest BCUT2D eigenvalue weighted by Crippen LogP contribution is -2.28. The summed E-state index contributed by atoms with van der Waals surface area (Å²) in [6.45, 7) is 10.6. The second-order valence-electron chi connectivity index (χ2n) is 3.94. The lowest BCUT2D eigenvalue weighted by molar-refractivity contribution is 0.316. The van der Waals surface area contributed by atoms with Gasteiger partial charge in [0.25, 0.3) is 0 Å². The molecule has 0 unspecified atom stereocenters. The van der Waals surface area contributed by atoms with E-state index in [4.69, 9.17) is 11.6 Å². The Morgan fingerprint density at radius 1 is 1.25 bits per heavy atom. The Labute approximate surface area is 104 Å². The van der Waals surface area contributed by atoms with E-state index in [1.54, 1.807) is 0 Å². The number of halogens is 1. The van der Waals surface area contributed by atoms with Gasteiger partial charge in [-0.15, -0.1) is 0 Å². The van der Waals surface area contributed by atoms with Crippen molar-refractivity contribution in [3.05, 3.63) is 28.8 Å². The third kappa shape index (κ3) is 4.03. The molecule has 0 aromatic heterocycles. The molecule has 3 heteroatoms. The highest BCUT2D eigenvalue weighted by Crippen LogP contribution is 2.22. The van der Waals surface area contributed by atoms with Gasteiger partial charge in [-0.05, 0) is 37.7 Å². The van der Waals surface area contributed by atoms with E-state index in [-0.39, 0.29) is 0 Å². The maximum absolute atomic E-state index is 6.10. The second kappa shape index (κ2) is 6.77. The summed E-state index contributed by atoms with van der Waals surface area (Å²) >= 11 is 6.10. The first kappa shape index (κ1) is 13.3. The van der Waals surface area contributed by atoms with Crippen LogP contribution in [0, 0.1) is 6.92 Å². The van der Waals surface area contributed by atoms with Gasteiger partial charge in [0.2, 0.25) is 0 Å². The Balaban J connectivity index is 2.45. The minimum atomic E-state index is 0.796. The lowest BCUT2D eigenvalue weighted by atomic mass is 10.2. The van der Waals surface area contributed by atoms with Crippen LogP contribution in [-0.4, -0.2) is 31.1 Å². The van der Waals surface area contributed by atoms with Crippen LogP contribution in [0.4, 0.5) is 5.69 Å². The molecule has 90 valence electrons. The predicted molar refractivity (Wildman–Crippen MR) is 72.5 cm³/mol. The zero-order valence-corrected chi connectivity index (χ0v) is 11.1. The molecule has 0 aliphatic rings. The zero-order valence-electron chi connectivity index (χ0n) is 10.4. The smallest absolute Gasteiger partial charge is 0.0637 e. The standard InChI is InChI=1S/C13H21ClN2/c1-4-16(5-2)9-8-15-13-10-11(3)6-7-12(13)14/h6-7,10,15H,4-5,8-9H2,1-3H3. The Hall–Kier alpha value is -0.730. The fourth-order valence-corrected chi connectivity index (χ4v) is 1.85. The zero-order chi connectivity index (χ0) is 12.0. The van der Waals surface area contributed by atoms with Crippen molar-refractivity contribution < 1.29 is 0 Å². The van der Waals surface area contributed by atoms with Crippen LogP contribution in [0.5, 0.6) is 0 Å². The van der Waals surface area contributed by atoms with Crippen molar-refractivity contribution in [3.8, 4) is 0 Å². The Kier molecular flexibility index (Phi) is 5.64. The molecule has 0 aliphatic heterocycles. The molecular weight excluding hydrogens is 220 g/mol. The minimum absolute atomic E-state index is 0.796. The first-order valence-electron chi connectivity index (χ1n) is 5.89. The molecule has 0 aliphatic carbocycles. The number of hydrogen-bond donors (Lipinski definition) is 1. The molecule has 1 aromatic carbocycles. The van der Waals surface area contributed by atoms with Crippen molar-refractivity contribution in [1.29, 1.82) is 0 Å². The van der Waals surface area contributed by atoms with Crippen molar-refractivity contribution in [1.82, 2.24) is 4.90 Å². The van der Waals surface area contributed by atoms with Gasteiger partial charge in [-0.3, -0.25) is 0 Å². The number of anilines is 1. The summed E-state index contributed by atoms with van der Waals surface area (Å²) in [6, 6.07) is 6.05. The SMILES string of the molecule is CCN(CC)CCNc1cc(C)ccc1Cl. The average molecular weight is 241 g/mol. The first-order chi connectivity index (χ1) is 7.67. The van der Waals surface area contributed by atoms with E-state index >= 15 is 0 Å². The highest BCUT2D eigenvalue weighted by Gasteiger charge is 2.01. The van der Waals surface area contributed by atoms with Crippen LogP contribution in [0.2, 0.25) is 5.02 Å². The van der Waals surface area contributed by atoms with Crippen molar-refractivity contribution in [2.24, 2.45) is 0 Å². The highest BCUT2D eigenvalue weighted by molar-refractivity contribution is 6.33. The number of nitrogens with one attached hydrogen (secondary N) is 1. The molecule has 0 radical (unpaired) electrons. The molecule has 0 fully saturated rings. The van der Waals surface area contributed by atoms with Gasteiger partial charge >= 0.3 is 0 Å². The van der Waals surface area contributed by atoms with Crippen LogP contribution in [0.1, 0.15) is 19.4 Å². The van der Waals surface area contributed by atoms with Gasteiger partial charge in [-0.1, -0.05) is 31.5 Å². The molecule has 0 spiro atoms. The quantitative estimate of drug-likeness (QED) is 0.820. The molecule has 16 heavy (non-hydrogen) atoms. The van der Waals surface area contributed by atoms with Gasteiger partial charge in [-0.2, -0.15) is 0 Å². The lowest BCUT2D eigenvalue weighted by Gasteiger charge is -2.18. The third-order valence-electron chi connectivity index (χ3n) is 2.76. The summed E-state index contributed by atoms with van der Waals surface area (Å²) in [7, 11) is 0. The molecule has 0 heterocycles. The fraction of sp³-hybridized carbons (Fsp3) is 0.538. The van der Waals surface area contributed by atoms with Gasteiger partial charge in [0, 0.05) is 13.1 Å². The van der Waals surface area contributed by atoms with Gasteiger partial charge in [0.15, 0.2) is 0 Å². The van der Waals surface area contributed by atoms with Crippen LogP contribution >= 0.6 is 11.6 Å². The largest absolute Gasteiger partial charge is 0.383 e. The summed E-state index contributed by atoms with van der Waals surface area (Å²) < 4.78 is 0. The number of likely N-dealkylation sites (N-methyl/N-ethyl adjacent to an activating group) is 1. The number of nitrogens with zero attached hydrogens (tertiary/aromatic N) is 1. The van der Waals surface area contributed by atoms with E-state index < -0.39 is 0 Å². The van der Waals surface area contributed by atoms with Crippen LogP contribution in [0.3, 0.4) is 0 Å². The molecule has 0 bridgehead atoms. The molecule has 1 aromatic rings.